The van der Waals surface area contributed by atoms with E-state index in [2.05, 4.69) is 77.3 Å². The van der Waals surface area contributed by atoms with Crippen LogP contribution in [0.2, 0.25) is 0 Å². The summed E-state index contributed by atoms with van der Waals surface area (Å²) in [7, 11) is 8.13. The highest BCUT2D eigenvalue weighted by Gasteiger charge is 2.40. The van der Waals surface area contributed by atoms with Gasteiger partial charge in [-0.25, -0.2) is 9.59 Å². The zero-order valence-corrected chi connectivity index (χ0v) is 84.3. The number of halogens is 2. The summed E-state index contributed by atoms with van der Waals surface area (Å²) in [6, 6.07) is 55.4. The van der Waals surface area contributed by atoms with Gasteiger partial charge in [0, 0.05) is 127 Å². The summed E-state index contributed by atoms with van der Waals surface area (Å²) in [5, 5.41) is 44.4. The molecule has 29 nitrogen and oxygen atoms in total. The minimum Gasteiger partial charge on any atom is -0.497 e. The molecule has 0 aliphatic carbocycles. The number of benzene rings is 7. The topological polar surface area (TPSA) is 412 Å². The number of rotatable bonds is 42. The van der Waals surface area contributed by atoms with Crippen molar-refractivity contribution in [3.63, 3.8) is 0 Å². The van der Waals surface area contributed by atoms with Gasteiger partial charge in [-0.3, -0.25) is 38.9 Å². The molecule has 0 radical (unpaired) electrons. The Morgan fingerprint density at radius 2 is 0.848 bits per heavy atom. The molecule has 0 bridgehead atoms. The highest BCUT2D eigenvalue weighted by Crippen LogP contribution is 2.37. The van der Waals surface area contributed by atoms with Crippen LogP contribution in [0, 0.1) is 33.8 Å². The van der Waals surface area contributed by atoms with Crippen molar-refractivity contribution in [2.75, 3.05) is 141 Å². The number of nitro groups is 1. The van der Waals surface area contributed by atoms with Gasteiger partial charge in [0.1, 0.15) is 53.4 Å². The Bertz CT molecular complexity index is 4180. The number of amides is 9. The molecule has 0 aromatic heterocycles. The predicted octanol–water partition coefficient (Wildman–Crippen LogP) is 12.0. The molecule has 9 amide bonds. The Morgan fingerprint density at radius 3 is 1.19 bits per heavy atom. The van der Waals surface area contributed by atoms with Crippen molar-refractivity contribution in [3.8, 4) is 11.5 Å². The second kappa shape index (κ2) is 75.1. The number of aliphatic hydroxyl groups is 1. The fourth-order valence-electron chi connectivity index (χ4n) is 12.0. The van der Waals surface area contributed by atoms with Gasteiger partial charge in [-0.1, -0.05) is 219 Å². The van der Waals surface area contributed by atoms with Crippen LogP contribution in [0.3, 0.4) is 0 Å². The molecule has 3 unspecified atom stereocenters. The summed E-state index contributed by atoms with van der Waals surface area (Å²) in [6.45, 7) is 19.0. The van der Waals surface area contributed by atoms with Gasteiger partial charge in [-0.2, -0.15) is 72.3 Å². The van der Waals surface area contributed by atoms with Gasteiger partial charge in [0.25, 0.3) is 5.69 Å². The van der Waals surface area contributed by atoms with Crippen LogP contribution in [0.5, 0.6) is 11.5 Å². The third kappa shape index (κ3) is 50.8. The molecule has 7 aromatic carbocycles. The van der Waals surface area contributed by atoms with E-state index in [-0.39, 0.29) is 83.7 Å². The van der Waals surface area contributed by atoms with Crippen molar-refractivity contribution in [2.24, 2.45) is 35.1 Å². The Labute approximate surface area is 808 Å². The summed E-state index contributed by atoms with van der Waals surface area (Å²) in [5.41, 5.74) is 17.1. The molecule has 7 atom stereocenters. The number of urea groups is 1. The van der Waals surface area contributed by atoms with E-state index in [1.165, 1.54) is 40.9 Å². The molecule has 1 fully saturated rings. The van der Waals surface area contributed by atoms with Crippen LogP contribution in [-0.4, -0.2) is 246 Å². The van der Waals surface area contributed by atoms with Gasteiger partial charge in [0.05, 0.1) is 18.1 Å². The molecule has 132 heavy (non-hydrogen) atoms. The molecule has 1 aliphatic heterocycles. The number of carbonyl (C=O) groups is 8. The van der Waals surface area contributed by atoms with Crippen molar-refractivity contribution < 1.29 is 76.3 Å². The molecule has 734 valence electrons. The van der Waals surface area contributed by atoms with E-state index in [4.69, 9.17) is 20.9 Å². The highest BCUT2D eigenvalue weighted by molar-refractivity contribution is 7.99. The Hall–Kier alpha value is -9.22. The van der Waals surface area contributed by atoms with E-state index in [1.54, 1.807) is 101 Å². The first-order chi connectivity index (χ1) is 63.3. The van der Waals surface area contributed by atoms with Crippen LogP contribution >= 0.6 is 72.3 Å². The monoisotopic (exact) mass is 1950 g/mol. The average molecular weight is 1950 g/mol. The van der Waals surface area contributed by atoms with Crippen LogP contribution in [0.25, 0.3) is 0 Å². The standard InChI is InChI=1S/C24H30N4O6S.C20H18O2.C17H26FN3O2S.C17H25N3O2S.C8H17FN2OS.C3H9NS.C2H7NS.2C2H6O/c1-16(2)21(23(30)25-13-14-35-3)27-22(29)20(15-17-7-5-4-6-8-17)26-24(31)34-19-11-9-18(10-12-19)28(32)33;1-22-19-14-12-18(13-15-19)20(21,16-8-4-2-5-9-16)17-10-6-3-7-11-17;1-12(2)15(17(23)19-9-10-24-3)20-16(22)14(21-18)11-13-7-5-4-6-8-13;1-12(2)15(16(21)18-8-9-23)20-11-14(19-17(20)22)10-13-6-4-3-5-7-13;1-6(2)7(11-9)8(12)10-4-5-13-3;1-5-3-2-4;3-1-2-4;2*1-3-2/h4-12,16,20-21H,13-15H2,1-3H3,(H,25,30)(H,26,31)(H,27,29);2-15,21H,1H3;4-8,12,14-15,21H,9-11H2,1-3H3,(H,19,23)(H,20,22);3-7,12,14-15,23H,8-11H2,1-2H3,(H,18,21)(H,19,22);6-7,11H,4-5H2,1-3H3,(H,10,12);2-4H2,1H3;4H,1-3H2;2*1-2H3/t20?,21-;;2*14?,15-;7-;;;;/m0.000..../s1. The molecule has 0 saturated carbocycles. The average Bonchev–Trinajstić information content (AvgIpc) is 0.936. The minimum atomic E-state index is -1.19. The lowest BCUT2D eigenvalue weighted by Crippen LogP contribution is -2.56. The van der Waals surface area contributed by atoms with E-state index in [0.717, 1.165) is 75.3 Å². The summed E-state index contributed by atoms with van der Waals surface area (Å²) < 4.78 is 44.1. The fraction of sp³-hybridized carbons (Fsp3) is 0.474. The van der Waals surface area contributed by atoms with E-state index < -0.39 is 64.7 Å². The number of hydrogen-bond acceptors (Lipinski definition) is 25. The zero-order chi connectivity index (χ0) is 99.2. The Morgan fingerprint density at radius 1 is 0.485 bits per heavy atom. The molecule has 1 saturated heterocycles. The molecule has 1 aliphatic rings. The first-order valence-electron chi connectivity index (χ1n) is 43.0. The zero-order valence-electron chi connectivity index (χ0n) is 79.2. The lowest BCUT2D eigenvalue weighted by atomic mass is 9.80. The summed E-state index contributed by atoms with van der Waals surface area (Å²) in [4.78, 5) is 111. The molecule has 0 spiro atoms. The number of nitrogens with two attached hydrogens (primary N) is 2. The molecule has 7 aromatic rings. The van der Waals surface area contributed by atoms with Gasteiger partial charge in [0.2, 0.25) is 35.4 Å². The Kier molecular flexibility index (Phi) is 69.9. The molecule has 8 rings (SSSR count). The van der Waals surface area contributed by atoms with Crippen LogP contribution in [-0.2, 0) is 63.1 Å². The number of thioether (sulfide) groups is 4. The van der Waals surface area contributed by atoms with Crippen molar-refractivity contribution in [3.05, 3.63) is 244 Å². The maximum absolute atomic E-state index is 13.2. The first-order valence-corrected chi connectivity index (χ1v) is 49.8. The molecule has 15 N–H and O–H groups in total. The number of hydrogen-bond donors (Lipinski definition) is 15. The van der Waals surface area contributed by atoms with Gasteiger partial charge in [0.15, 0.2) is 0 Å². The molecular formula is C95H144F2N14O15S6. The summed E-state index contributed by atoms with van der Waals surface area (Å²) in [5.74, 6) is 3.45. The SMILES string of the molecule is CC(C)[C@@H](C(=O)NCCS)N1CC(Cc2ccccc2)NC1=O.COC.COC.COc1ccc(C(O)(c2ccccc2)c2ccccc2)cc1.CSCCN.CSCCNC(=O)[C@@H](NC(=O)C(Cc1ccccc1)NC(=O)Oc1ccc([N+](=O)[O-])cc1)C(C)C.CSCCNC(=O)[C@@H](NC(=O)C(Cc1ccccc1)NF)C(C)C.CSCCNC(=O)[C@@H](NF)C(C)C.NCCS. The second-order valence-electron chi connectivity index (χ2n) is 30.5. The van der Waals surface area contributed by atoms with Crippen molar-refractivity contribution in [1.82, 2.24) is 58.5 Å². The van der Waals surface area contributed by atoms with Gasteiger partial charge < -0.3 is 83.0 Å². The minimum absolute atomic E-state index is 0.0313. The number of carbonyl (C=O) groups excluding carboxylic acids is 8. The van der Waals surface area contributed by atoms with E-state index >= 15 is 0 Å². The van der Waals surface area contributed by atoms with E-state index in [0.29, 0.717) is 45.0 Å². The van der Waals surface area contributed by atoms with Gasteiger partial charge >= 0.3 is 12.1 Å². The molecule has 1 heterocycles. The quantitative estimate of drug-likeness (QED) is 0.00422. The second-order valence-corrected chi connectivity index (χ2v) is 35.3. The summed E-state index contributed by atoms with van der Waals surface area (Å²) in [6.07, 6.45) is 8.14. The van der Waals surface area contributed by atoms with E-state index in [1.807, 2.05) is 242 Å². The van der Waals surface area contributed by atoms with Crippen molar-refractivity contribution in [1.29, 1.82) is 0 Å². The third-order valence-electron chi connectivity index (χ3n) is 18.6. The van der Waals surface area contributed by atoms with E-state index in [9.17, 15) is 62.5 Å². The van der Waals surface area contributed by atoms with Crippen LogP contribution in [0.4, 0.5) is 24.2 Å². The third-order valence-corrected chi connectivity index (χ3v) is 21.5. The normalized spacial score (nSPS) is 13.0. The number of ether oxygens (including phenoxy) is 4. The van der Waals surface area contributed by atoms with Gasteiger partial charge in [-0.15, -0.1) is 20.0 Å². The maximum Gasteiger partial charge on any atom is 0.413 e. The lowest BCUT2D eigenvalue weighted by Gasteiger charge is -2.30. The van der Waals surface area contributed by atoms with Crippen LogP contribution in [0.15, 0.2) is 200 Å². The molecule has 37 heteroatoms. The molecular weight excluding hydrogens is 1810 g/mol. The smallest absolute Gasteiger partial charge is 0.413 e. The number of non-ortho nitro benzene ring substituents is 1. The lowest BCUT2D eigenvalue weighted by molar-refractivity contribution is -0.384. The number of nitrogens with one attached hydrogen (secondary N) is 10. The number of nitrogens with zero attached hydrogens (tertiary/aromatic N) is 2. The van der Waals surface area contributed by atoms with Crippen molar-refractivity contribution >= 4 is 126 Å². The number of nitro benzene ring substituents is 1. The number of thiol groups is 2. The predicted molar refractivity (Wildman–Crippen MR) is 544 cm³/mol. The van der Waals surface area contributed by atoms with Crippen LogP contribution < -0.4 is 74.6 Å². The summed E-state index contributed by atoms with van der Waals surface area (Å²) >= 11 is 14.5. The van der Waals surface area contributed by atoms with Crippen LogP contribution in [0.1, 0.15) is 88.8 Å². The largest absolute Gasteiger partial charge is 0.497 e. The number of methoxy groups -OCH3 is 3. The van der Waals surface area contributed by atoms with Gasteiger partial charge in [-0.05, 0) is 119 Å². The first kappa shape index (κ1) is 123. The van der Waals surface area contributed by atoms with Crippen molar-refractivity contribution in [2.45, 2.75) is 123 Å². The Balaban J connectivity index is 0.00000160. The fourth-order valence-corrected chi connectivity index (χ4v) is 13.3. The maximum atomic E-state index is 13.2. The highest BCUT2D eigenvalue weighted by atomic mass is 32.2.